The summed E-state index contributed by atoms with van der Waals surface area (Å²) in [6, 6.07) is 8.31. The number of benzene rings is 1. The van der Waals surface area contributed by atoms with E-state index in [1.165, 1.54) is 6.07 Å². The molecule has 0 saturated carbocycles. The minimum Gasteiger partial charge on any atom is -0.378 e. The Morgan fingerprint density at radius 1 is 1.26 bits per heavy atom. The average molecular weight is 315 g/mol. The Morgan fingerprint density at radius 2 is 2.04 bits per heavy atom. The van der Waals surface area contributed by atoms with Crippen LogP contribution in [-0.2, 0) is 9.53 Å². The molecule has 0 aliphatic carbocycles. The molecule has 1 amide bonds. The summed E-state index contributed by atoms with van der Waals surface area (Å²) in [5.41, 5.74) is 7.21. The molecule has 120 valence electrons. The number of nitrogens with two attached hydrogens (primary N) is 1. The van der Waals surface area contributed by atoms with Gasteiger partial charge in [-0.15, -0.1) is 0 Å². The molecule has 2 heterocycles. The standard InChI is InChI=1S/C17H18FN3O2/c18-14-10-12(3-4-15(14)21-6-8-23-9-7-21)16(17(19)22)13-2-1-5-20-11-13/h1-5,10-11,16H,6-9H2,(H2,19,22). The molecule has 1 atom stereocenters. The minimum absolute atomic E-state index is 0.362. The highest BCUT2D eigenvalue weighted by Gasteiger charge is 2.23. The largest absolute Gasteiger partial charge is 0.378 e. The Bertz CT molecular complexity index is 687. The van der Waals surface area contributed by atoms with E-state index in [0.29, 0.717) is 43.1 Å². The molecular formula is C17H18FN3O2. The first-order chi connectivity index (χ1) is 11.2. The van der Waals surface area contributed by atoms with Crippen LogP contribution in [0.25, 0.3) is 0 Å². The quantitative estimate of drug-likeness (QED) is 0.932. The van der Waals surface area contributed by atoms with Gasteiger partial charge < -0.3 is 15.4 Å². The number of carbonyl (C=O) groups is 1. The van der Waals surface area contributed by atoms with Crippen LogP contribution in [0, 0.1) is 5.82 Å². The maximum absolute atomic E-state index is 14.5. The van der Waals surface area contributed by atoms with Crippen LogP contribution in [0.3, 0.4) is 0 Å². The molecule has 0 spiro atoms. The molecular weight excluding hydrogens is 297 g/mol. The second-order valence-electron chi connectivity index (χ2n) is 5.43. The zero-order valence-corrected chi connectivity index (χ0v) is 12.6. The lowest BCUT2D eigenvalue weighted by Crippen LogP contribution is -2.36. The second-order valence-corrected chi connectivity index (χ2v) is 5.43. The molecule has 1 aliphatic heterocycles. The molecule has 1 aromatic carbocycles. The first kappa shape index (κ1) is 15.4. The van der Waals surface area contributed by atoms with Gasteiger partial charge in [-0.1, -0.05) is 12.1 Å². The van der Waals surface area contributed by atoms with Crippen LogP contribution < -0.4 is 10.6 Å². The van der Waals surface area contributed by atoms with Crippen molar-refractivity contribution < 1.29 is 13.9 Å². The molecule has 0 radical (unpaired) electrons. The summed E-state index contributed by atoms with van der Waals surface area (Å²) >= 11 is 0. The summed E-state index contributed by atoms with van der Waals surface area (Å²) in [5.74, 6) is -1.60. The SMILES string of the molecule is NC(=O)C(c1cccnc1)c1ccc(N2CCOCC2)c(F)c1. The third-order valence-corrected chi connectivity index (χ3v) is 3.96. The lowest BCUT2D eigenvalue weighted by molar-refractivity contribution is -0.118. The highest BCUT2D eigenvalue weighted by atomic mass is 19.1. The summed E-state index contributed by atoms with van der Waals surface area (Å²) in [7, 11) is 0. The number of amides is 1. The number of halogens is 1. The third kappa shape index (κ3) is 3.32. The molecule has 1 aromatic heterocycles. The Labute approximate surface area is 133 Å². The van der Waals surface area contributed by atoms with Crippen molar-refractivity contribution in [3.05, 3.63) is 59.7 Å². The van der Waals surface area contributed by atoms with Crippen LogP contribution in [0.15, 0.2) is 42.7 Å². The highest BCUT2D eigenvalue weighted by Crippen LogP contribution is 2.28. The van der Waals surface area contributed by atoms with Crippen LogP contribution in [-0.4, -0.2) is 37.2 Å². The fraction of sp³-hybridized carbons (Fsp3) is 0.294. The van der Waals surface area contributed by atoms with Gasteiger partial charge in [-0.3, -0.25) is 9.78 Å². The Morgan fingerprint density at radius 3 is 2.65 bits per heavy atom. The van der Waals surface area contributed by atoms with Gasteiger partial charge in [-0.05, 0) is 29.3 Å². The van der Waals surface area contributed by atoms with E-state index in [0.717, 1.165) is 0 Å². The summed E-state index contributed by atoms with van der Waals surface area (Å²) in [4.78, 5) is 17.8. The van der Waals surface area contributed by atoms with Crippen LogP contribution in [0.1, 0.15) is 17.0 Å². The van der Waals surface area contributed by atoms with Gasteiger partial charge in [0.1, 0.15) is 5.82 Å². The van der Waals surface area contributed by atoms with Crippen molar-refractivity contribution in [3.8, 4) is 0 Å². The highest BCUT2D eigenvalue weighted by molar-refractivity contribution is 5.85. The number of hydrogen-bond acceptors (Lipinski definition) is 4. The van der Waals surface area contributed by atoms with Crippen molar-refractivity contribution in [1.29, 1.82) is 0 Å². The average Bonchev–Trinajstić information content (AvgIpc) is 2.57. The second kappa shape index (κ2) is 6.75. The van der Waals surface area contributed by atoms with Gasteiger partial charge in [0.15, 0.2) is 0 Å². The van der Waals surface area contributed by atoms with Gasteiger partial charge in [-0.25, -0.2) is 4.39 Å². The van der Waals surface area contributed by atoms with Gasteiger partial charge in [0, 0.05) is 25.5 Å². The van der Waals surface area contributed by atoms with Crippen molar-refractivity contribution in [2.45, 2.75) is 5.92 Å². The summed E-state index contributed by atoms with van der Waals surface area (Å²) in [5, 5.41) is 0. The lowest BCUT2D eigenvalue weighted by Gasteiger charge is -2.29. The molecule has 2 aromatic rings. The maximum Gasteiger partial charge on any atom is 0.229 e. The number of primary amides is 1. The summed E-state index contributed by atoms with van der Waals surface area (Å²) in [6.45, 7) is 2.47. The Hall–Kier alpha value is -2.47. The lowest BCUT2D eigenvalue weighted by atomic mass is 9.91. The topological polar surface area (TPSA) is 68.5 Å². The molecule has 0 bridgehead atoms. The molecule has 2 N–H and O–H groups in total. The number of aromatic nitrogens is 1. The molecule has 3 rings (SSSR count). The molecule has 1 aliphatic rings. The van der Waals surface area contributed by atoms with E-state index in [9.17, 15) is 9.18 Å². The van der Waals surface area contributed by atoms with Crippen molar-refractivity contribution in [2.75, 3.05) is 31.2 Å². The number of carbonyl (C=O) groups excluding carboxylic acids is 1. The first-order valence-corrected chi connectivity index (χ1v) is 7.48. The van der Waals surface area contributed by atoms with E-state index >= 15 is 0 Å². The van der Waals surface area contributed by atoms with Crippen molar-refractivity contribution in [1.82, 2.24) is 4.98 Å². The van der Waals surface area contributed by atoms with Crippen LogP contribution in [0.5, 0.6) is 0 Å². The van der Waals surface area contributed by atoms with Gasteiger partial charge in [0.25, 0.3) is 0 Å². The molecule has 1 saturated heterocycles. The molecule has 6 heteroatoms. The zero-order valence-electron chi connectivity index (χ0n) is 12.6. The number of morpholine rings is 1. The van der Waals surface area contributed by atoms with E-state index in [1.54, 1.807) is 36.7 Å². The number of rotatable bonds is 4. The minimum atomic E-state index is -0.711. The molecule has 23 heavy (non-hydrogen) atoms. The number of nitrogens with zero attached hydrogens (tertiary/aromatic N) is 2. The smallest absolute Gasteiger partial charge is 0.229 e. The Balaban J connectivity index is 1.92. The predicted molar refractivity (Wildman–Crippen MR) is 84.7 cm³/mol. The first-order valence-electron chi connectivity index (χ1n) is 7.48. The Kier molecular flexibility index (Phi) is 4.52. The van der Waals surface area contributed by atoms with Gasteiger partial charge in [-0.2, -0.15) is 0 Å². The zero-order chi connectivity index (χ0) is 16.2. The fourth-order valence-corrected chi connectivity index (χ4v) is 2.83. The molecule has 5 nitrogen and oxygen atoms in total. The van der Waals surface area contributed by atoms with Gasteiger partial charge in [0.2, 0.25) is 5.91 Å². The summed E-state index contributed by atoms with van der Waals surface area (Å²) in [6.07, 6.45) is 3.19. The monoisotopic (exact) mass is 315 g/mol. The van der Waals surface area contributed by atoms with E-state index in [2.05, 4.69) is 4.98 Å². The molecule has 1 fully saturated rings. The van der Waals surface area contributed by atoms with Crippen LogP contribution >= 0.6 is 0 Å². The van der Waals surface area contributed by atoms with Gasteiger partial charge in [0.05, 0.1) is 24.8 Å². The van der Waals surface area contributed by atoms with E-state index < -0.39 is 11.8 Å². The van der Waals surface area contributed by atoms with E-state index in [-0.39, 0.29) is 5.82 Å². The fourth-order valence-electron chi connectivity index (χ4n) is 2.83. The van der Waals surface area contributed by atoms with Crippen LogP contribution in [0.4, 0.5) is 10.1 Å². The summed E-state index contributed by atoms with van der Waals surface area (Å²) < 4.78 is 19.8. The molecule has 1 unspecified atom stereocenters. The number of hydrogen-bond donors (Lipinski definition) is 1. The normalized spacial score (nSPS) is 16.1. The number of pyridine rings is 1. The van der Waals surface area contributed by atoms with Crippen molar-refractivity contribution in [3.63, 3.8) is 0 Å². The van der Waals surface area contributed by atoms with Gasteiger partial charge >= 0.3 is 0 Å². The number of ether oxygens (including phenoxy) is 1. The third-order valence-electron chi connectivity index (χ3n) is 3.96. The number of anilines is 1. The van der Waals surface area contributed by atoms with E-state index in [4.69, 9.17) is 10.5 Å². The van der Waals surface area contributed by atoms with E-state index in [1.807, 2.05) is 4.90 Å². The predicted octanol–water partition coefficient (Wildman–Crippen LogP) is 1.67. The van der Waals surface area contributed by atoms with Crippen LogP contribution in [0.2, 0.25) is 0 Å². The van der Waals surface area contributed by atoms with Crippen molar-refractivity contribution in [2.24, 2.45) is 5.73 Å². The van der Waals surface area contributed by atoms with Crippen molar-refractivity contribution >= 4 is 11.6 Å². The maximum atomic E-state index is 14.5.